The van der Waals surface area contributed by atoms with Crippen molar-refractivity contribution in [2.75, 3.05) is 5.88 Å². The van der Waals surface area contributed by atoms with E-state index in [0.717, 1.165) is 30.1 Å². The maximum Gasteiger partial charge on any atom is 0.0226 e. The second kappa shape index (κ2) is 9.90. The lowest BCUT2D eigenvalue weighted by Crippen LogP contribution is -2.15. The van der Waals surface area contributed by atoms with Gasteiger partial charge in [-0.1, -0.05) is 61.6 Å². The van der Waals surface area contributed by atoms with Crippen LogP contribution in [0.2, 0.25) is 0 Å². The third-order valence-electron chi connectivity index (χ3n) is 4.99. The molecule has 0 bridgehead atoms. The third kappa shape index (κ3) is 6.01. The van der Waals surface area contributed by atoms with Gasteiger partial charge in [0, 0.05) is 5.88 Å². The number of alkyl halides is 1. The summed E-state index contributed by atoms with van der Waals surface area (Å²) in [6, 6.07) is 10.8. The molecule has 0 aliphatic heterocycles. The Labute approximate surface area is 141 Å². The van der Waals surface area contributed by atoms with E-state index in [1.165, 1.54) is 37.7 Å². The summed E-state index contributed by atoms with van der Waals surface area (Å²) in [7, 11) is 0. The standard InChI is InChI=1S/C21H29Cl/c1-18(12-13-19-8-4-2-5-9-19)21(16-17-22)15-14-20-10-6-3-7-11-20/h2-8,10-11,18-19,21H,9,12-17H2,1H3. The van der Waals surface area contributed by atoms with E-state index in [0.29, 0.717) is 0 Å². The number of allylic oxidation sites excluding steroid dienone is 4. The van der Waals surface area contributed by atoms with Crippen LogP contribution in [0.5, 0.6) is 0 Å². The van der Waals surface area contributed by atoms with Gasteiger partial charge < -0.3 is 0 Å². The SMILES string of the molecule is CC(CCC1C=CC=CC1)C(CCCl)CCc1ccccc1. The Kier molecular flexibility index (Phi) is 7.80. The molecule has 1 aromatic carbocycles. The molecule has 0 fully saturated rings. The molecule has 0 N–H and O–H groups in total. The van der Waals surface area contributed by atoms with Gasteiger partial charge in [0.15, 0.2) is 0 Å². The molecule has 0 saturated carbocycles. The highest BCUT2D eigenvalue weighted by atomic mass is 35.5. The van der Waals surface area contributed by atoms with Crippen molar-refractivity contribution in [3.8, 4) is 0 Å². The van der Waals surface area contributed by atoms with E-state index in [4.69, 9.17) is 11.6 Å². The molecule has 0 aromatic heterocycles. The fourth-order valence-electron chi connectivity index (χ4n) is 3.41. The van der Waals surface area contributed by atoms with E-state index in [2.05, 4.69) is 61.6 Å². The van der Waals surface area contributed by atoms with Crippen LogP contribution in [0, 0.1) is 17.8 Å². The van der Waals surface area contributed by atoms with Crippen molar-refractivity contribution in [2.24, 2.45) is 17.8 Å². The van der Waals surface area contributed by atoms with E-state index in [1.807, 2.05) is 0 Å². The second-order valence-electron chi connectivity index (χ2n) is 6.63. The van der Waals surface area contributed by atoms with Crippen molar-refractivity contribution < 1.29 is 0 Å². The monoisotopic (exact) mass is 316 g/mol. The first-order chi connectivity index (χ1) is 10.8. The molecule has 0 saturated heterocycles. The van der Waals surface area contributed by atoms with Crippen LogP contribution in [0.4, 0.5) is 0 Å². The molecule has 22 heavy (non-hydrogen) atoms. The van der Waals surface area contributed by atoms with Crippen molar-refractivity contribution in [2.45, 2.75) is 45.4 Å². The van der Waals surface area contributed by atoms with Crippen molar-refractivity contribution in [3.63, 3.8) is 0 Å². The van der Waals surface area contributed by atoms with Gasteiger partial charge in [-0.05, 0) is 61.8 Å². The molecule has 3 atom stereocenters. The van der Waals surface area contributed by atoms with E-state index in [-0.39, 0.29) is 0 Å². The number of hydrogen-bond donors (Lipinski definition) is 0. The molecule has 1 aliphatic carbocycles. The first-order valence-corrected chi connectivity index (χ1v) is 9.26. The van der Waals surface area contributed by atoms with Gasteiger partial charge in [0.05, 0.1) is 0 Å². The predicted octanol–water partition coefficient (Wildman–Crippen LogP) is 6.41. The predicted molar refractivity (Wildman–Crippen MR) is 98.4 cm³/mol. The summed E-state index contributed by atoms with van der Waals surface area (Å²) in [5.41, 5.74) is 1.45. The Bertz CT molecular complexity index is 460. The maximum absolute atomic E-state index is 6.05. The van der Waals surface area contributed by atoms with Crippen molar-refractivity contribution in [1.29, 1.82) is 0 Å². The topological polar surface area (TPSA) is 0 Å². The zero-order valence-corrected chi connectivity index (χ0v) is 14.5. The van der Waals surface area contributed by atoms with Crippen LogP contribution in [0.25, 0.3) is 0 Å². The van der Waals surface area contributed by atoms with E-state index in [1.54, 1.807) is 0 Å². The third-order valence-corrected chi connectivity index (χ3v) is 5.21. The fraction of sp³-hybridized carbons (Fsp3) is 0.524. The summed E-state index contributed by atoms with van der Waals surface area (Å²) in [4.78, 5) is 0. The molecular formula is C21H29Cl. The average molecular weight is 317 g/mol. The van der Waals surface area contributed by atoms with Crippen LogP contribution in [-0.4, -0.2) is 5.88 Å². The van der Waals surface area contributed by atoms with Crippen LogP contribution < -0.4 is 0 Å². The lowest BCUT2D eigenvalue weighted by Gasteiger charge is -2.25. The molecular weight excluding hydrogens is 288 g/mol. The lowest BCUT2D eigenvalue weighted by molar-refractivity contribution is 0.294. The Morgan fingerprint density at radius 2 is 1.91 bits per heavy atom. The first-order valence-electron chi connectivity index (χ1n) is 8.73. The van der Waals surface area contributed by atoms with Crippen LogP contribution >= 0.6 is 11.6 Å². The van der Waals surface area contributed by atoms with Crippen LogP contribution in [0.3, 0.4) is 0 Å². The second-order valence-corrected chi connectivity index (χ2v) is 7.00. The smallest absolute Gasteiger partial charge is 0.0226 e. The first kappa shape index (κ1) is 17.3. The number of rotatable bonds is 9. The normalized spacial score (nSPS) is 20.0. The van der Waals surface area contributed by atoms with Gasteiger partial charge in [-0.3, -0.25) is 0 Å². The maximum atomic E-state index is 6.05. The zero-order valence-electron chi connectivity index (χ0n) is 13.8. The molecule has 3 unspecified atom stereocenters. The molecule has 1 heteroatoms. The zero-order chi connectivity index (χ0) is 15.6. The minimum absolute atomic E-state index is 0.748. The van der Waals surface area contributed by atoms with Gasteiger partial charge in [0.25, 0.3) is 0 Å². The number of aryl methyl sites for hydroxylation is 1. The summed E-state index contributed by atoms with van der Waals surface area (Å²) in [5.74, 6) is 3.05. The average Bonchev–Trinajstić information content (AvgIpc) is 2.58. The van der Waals surface area contributed by atoms with Gasteiger partial charge in [0.2, 0.25) is 0 Å². The minimum atomic E-state index is 0.748. The summed E-state index contributed by atoms with van der Waals surface area (Å²) < 4.78 is 0. The van der Waals surface area contributed by atoms with Crippen LogP contribution in [-0.2, 0) is 6.42 Å². The molecule has 120 valence electrons. The Hall–Kier alpha value is -1.01. The summed E-state index contributed by atoms with van der Waals surface area (Å²) in [6.07, 6.45) is 16.5. The quantitative estimate of drug-likeness (QED) is 0.461. The summed E-state index contributed by atoms with van der Waals surface area (Å²) in [5, 5.41) is 0. The van der Waals surface area contributed by atoms with Crippen molar-refractivity contribution >= 4 is 11.6 Å². The lowest BCUT2D eigenvalue weighted by atomic mass is 9.81. The largest absolute Gasteiger partial charge is 0.127 e. The van der Waals surface area contributed by atoms with Crippen molar-refractivity contribution in [1.82, 2.24) is 0 Å². The number of benzene rings is 1. The Morgan fingerprint density at radius 1 is 1.09 bits per heavy atom. The van der Waals surface area contributed by atoms with Crippen LogP contribution in [0.15, 0.2) is 54.6 Å². The number of halogens is 1. The molecule has 1 aromatic rings. The highest BCUT2D eigenvalue weighted by Crippen LogP contribution is 2.29. The molecule has 0 spiro atoms. The van der Waals surface area contributed by atoms with E-state index >= 15 is 0 Å². The molecule has 0 nitrogen and oxygen atoms in total. The van der Waals surface area contributed by atoms with Gasteiger partial charge in [0.1, 0.15) is 0 Å². The highest BCUT2D eigenvalue weighted by molar-refractivity contribution is 6.17. The number of hydrogen-bond acceptors (Lipinski definition) is 0. The van der Waals surface area contributed by atoms with Gasteiger partial charge in [-0.15, -0.1) is 11.6 Å². The Balaban J connectivity index is 1.78. The fourth-order valence-corrected chi connectivity index (χ4v) is 3.69. The molecule has 2 rings (SSSR count). The summed E-state index contributed by atoms with van der Waals surface area (Å²) in [6.45, 7) is 2.42. The van der Waals surface area contributed by atoms with E-state index < -0.39 is 0 Å². The molecule has 0 radical (unpaired) electrons. The molecule has 0 heterocycles. The molecule has 1 aliphatic rings. The molecule has 0 amide bonds. The van der Waals surface area contributed by atoms with Gasteiger partial charge in [-0.25, -0.2) is 0 Å². The van der Waals surface area contributed by atoms with Crippen molar-refractivity contribution in [3.05, 3.63) is 60.2 Å². The Morgan fingerprint density at radius 3 is 2.59 bits per heavy atom. The van der Waals surface area contributed by atoms with E-state index in [9.17, 15) is 0 Å². The highest BCUT2D eigenvalue weighted by Gasteiger charge is 2.18. The van der Waals surface area contributed by atoms with Gasteiger partial charge >= 0.3 is 0 Å². The minimum Gasteiger partial charge on any atom is -0.127 e. The summed E-state index contributed by atoms with van der Waals surface area (Å²) >= 11 is 6.05. The van der Waals surface area contributed by atoms with Gasteiger partial charge in [-0.2, -0.15) is 0 Å². The van der Waals surface area contributed by atoms with Crippen LogP contribution in [0.1, 0.15) is 44.6 Å².